The maximum atomic E-state index is 11.0. The lowest BCUT2D eigenvalue weighted by Crippen LogP contribution is -2.45. The highest BCUT2D eigenvalue weighted by Gasteiger charge is 2.28. The molecular formula is C10H21NO. The third kappa shape index (κ3) is 2.59. The van der Waals surface area contributed by atoms with E-state index in [9.17, 15) is 4.79 Å². The first kappa shape index (κ1) is 11.6. The first-order valence-corrected chi connectivity index (χ1v) is 4.76. The van der Waals surface area contributed by atoms with Gasteiger partial charge in [-0.05, 0) is 26.9 Å². The van der Waals surface area contributed by atoms with Crippen LogP contribution in [0.4, 0.5) is 0 Å². The predicted molar refractivity (Wildman–Crippen MR) is 52.3 cm³/mol. The van der Waals surface area contributed by atoms with Gasteiger partial charge < -0.3 is 4.79 Å². The molecule has 2 heteroatoms. The molecule has 0 radical (unpaired) electrons. The Balaban J connectivity index is 4.25. The minimum atomic E-state index is -0.212. The van der Waals surface area contributed by atoms with E-state index in [2.05, 4.69) is 13.8 Å². The predicted octanol–water partition coefficient (Wildman–Crippen LogP) is 2.09. The number of aldehydes is 1. The molecule has 1 unspecified atom stereocenters. The molecule has 12 heavy (non-hydrogen) atoms. The molecule has 0 amide bonds. The van der Waals surface area contributed by atoms with E-state index in [1.807, 2.05) is 19.0 Å². The first-order chi connectivity index (χ1) is 5.63. The number of likely N-dealkylation sites (N-methyl/N-ethyl adjacent to an activating group) is 1. The number of nitrogens with zero attached hydrogens (tertiary/aromatic N) is 1. The fourth-order valence-electron chi connectivity index (χ4n) is 1.45. The molecule has 0 aromatic rings. The molecule has 0 aliphatic carbocycles. The van der Waals surface area contributed by atoms with Crippen molar-refractivity contribution in [1.29, 1.82) is 0 Å². The van der Waals surface area contributed by atoms with Gasteiger partial charge in [-0.25, -0.2) is 0 Å². The summed E-state index contributed by atoms with van der Waals surface area (Å²) >= 11 is 0. The van der Waals surface area contributed by atoms with Crippen molar-refractivity contribution >= 4 is 6.29 Å². The van der Waals surface area contributed by atoms with Crippen molar-refractivity contribution in [3.05, 3.63) is 0 Å². The van der Waals surface area contributed by atoms with Gasteiger partial charge >= 0.3 is 0 Å². The molecule has 0 aliphatic heterocycles. The van der Waals surface area contributed by atoms with Crippen molar-refractivity contribution in [3.63, 3.8) is 0 Å². The Morgan fingerprint density at radius 1 is 1.33 bits per heavy atom. The second kappa shape index (κ2) is 5.31. The summed E-state index contributed by atoms with van der Waals surface area (Å²) in [5.41, 5.74) is -0.212. The van der Waals surface area contributed by atoms with E-state index in [0.29, 0.717) is 0 Å². The number of carbonyl (C=O) groups is 1. The highest BCUT2D eigenvalue weighted by atomic mass is 16.1. The van der Waals surface area contributed by atoms with Crippen LogP contribution in [-0.4, -0.2) is 30.8 Å². The summed E-state index contributed by atoms with van der Waals surface area (Å²) in [7, 11) is 3.96. The molecule has 0 aliphatic rings. The summed E-state index contributed by atoms with van der Waals surface area (Å²) < 4.78 is 0. The van der Waals surface area contributed by atoms with E-state index in [1.54, 1.807) is 0 Å². The average Bonchev–Trinajstić information content (AvgIpc) is 2.07. The molecule has 0 bridgehead atoms. The molecule has 1 atom stereocenters. The highest BCUT2D eigenvalue weighted by Crippen LogP contribution is 2.21. The van der Waals surface area contributed by atoms with Crippen LogP contribution >= 0.6 is 0 Å². The molecule has 72 valence electrons. The Bertz CT molecular complexity index is 134. The zero-order chi connectivity index (χ0) is 9.61. The van der Waals surface area contributed by atoms with Crippen LogP contribution in [0.1, 0.15) is 39.5 Å². The number of unbranched alkanes of at least 4 members (excludes halogenated alkanes) is 1. The molecule has 0 fully saturated rings. The van der Waals surface area contributed by atoms with Gasteiger partial charge in [0.25, 0.3) is 0 Å². The topological polar surface area (TPSA) is 20.3 Å². The normalized spacial score (nSPS) is 16.1. The van der Waals surface area contributed by atoms with Crippen LogP contribution < -0.4 is 0 Å². The largest absolute Gasteiger partial charge is 0.301 e. The molecule has 0 N–H and O–H groups in total. The Labute approximate surface area is 75.9 Å². The van der Waals surface area contributed by atoms with E-state index in [4.69, 9.17) is 0 Å². The lowest BCUT2D eigenvalue weighted by molar-refractivity contribution is -0.117. The van der Waals surface area contributed by atoms with Gasteiger partial charge in [0.15, 0.2) is 0 Å². The molecule has 0 heterocycles. The van der Waals surface area contributed by atoms with Crippen LogP contribution in [-0.2, 0) is 4.79 Å². The highest BCUT2D eigenvalue weighted by molar-refractivity contribution is 5.63. The van der Waals surface area contributed by atoms with E-state index >= 15 is 0 Å². The molecule has 2 nitrogen and oxygen atoms in total. The quantitative estimate of drug-likeness (QED) is 0.570. The SMILES string of the molecule is CCCCC(C=O)(CC)N(C)C. The fraction of sp³-hybridized carbons (Fsp3) is 0.900. The van der Waals surface area contributed by atoms with Crippen molar-refractivity contribution in [2.24, 2.45) is 0 Å². The lowest BCUT2D eigenvalue weighted by Gasteiger charge is -2.33. The molecule has 0 spiro atoms. The second-order valence-electron chi connectivity index (χ2n) is 3.57. The lowest BCUT2D eigenvalue weighted by atomic mass is 9.90. The molecule has 0 aromatic carbocycles. The smallest absolute Gasteiger partial charge is 0.140 e. The molecule has 0 saturated carbocycles. The van der Waals surface area contributed by atoms with Crippen molar-refractivity contribution in [2.45, 2.75) is 45.1 Å². The van der Waals surface area contributed by atoms with Gasteiger partial charge in [-0.2, -0.15) is 0 Å². The Kier molecular flexibility index (Phi) is 5.14. The van der Waals surface area contributed by atoms with Crippen LogP contribution in [0.3, 0.4) is 0 Å². The third-order valence-corrected chi connectivity index (χ3v) is 2.69. The number of carbonyl (C=O) groups excluding carboxylic acids is 1. The standard InChI is InChI=1S/C10H21NO/c1-5-7-8-10(6-2,9-12)11(3)4/h9H,5-8H2,1-4H3. The van der Waals surface area contributed by atoms with E-state index in [-0.39, 0.29) is 5.54 Å². The van der Waals surface area contributed by atoms with Crippen molar-refractivity contribution < 1.29 is 4.79 Å². The van der Waals surface area contributed by atoms with Crippen LogP contribution in [0.5, 0.6) is 0 Å². The van der Waals surface area contributed by atoms with Crippen LogP contribution in [0.2, 0.25) is 0 Å². The molecular weight excluding hydrogens is 150 g/mol. The van der Waals surface area contributed by atoms with Crippen LogP contribution in [0, 0.1) is 0 Å². The zero-order valence-electron chi connectivity index (χ0n) is 8.76. The van der Waals surface area contributed by atoms with Crippen LogP contribution in [0.15, 0.2) is 0 Å². The van der Waals surface area contributed by atoms with Gasteiger partial charge in [0.1, 0.15) is 6.29 Å². The summed E-state index contributed by atoms with van der Waals surface area (Å²) in [5.74, 6) is 0. The average molecular weight is 171 g/mol. The molecule has 0 saturated heterocycles. The van der Waals surface area contributed by atoms with Crippen molar-refractivity contribution in [3.8, 4) is 0 Å². The number of hydrogen-bond acceptors (Lipinski definition) is 2. The Hall–Kier alpha value is -0.370. The maximum Gasteiger partial charge on any atom is 0.140 e. The summed E-state index contributed by atoms with van der Waals surface area (Å²) in [6.07, 6.45) is 5.27. The van der Waals surface area contributed by atoms with E-state index in [1.165, 1.54) is 0 Å². The van der Waals surface area contributed by atoms with E-state index in [0.717, 1.165) is 32.0 Å². The van der Waals surface area contributed by atoms with Gasteiger partial charge in [0.05, 0.1) is 5.54 Å². The molecule has 0 aromatic heterocycles. The maximum absolute atomic E-state index is 11.0. The summed E-state index contributed by atoms with van der Waals surface area (Å²) in [5, 5.41) is 0. The number of rotatable bonds is 6. The van der Waals surface area contributed by atoms with Gasteiger partial charge in [0, 0.05) is 0 Å². The van der Waals surface area contributed by atoms with E-state index < -0.39 is 0 Å². The summed E-state index contributed by atoms with van der Waals surface area (Å²) in [6.45, 7) is 4.23. The second-order valence-corrected chi connectivity index (χ2v) is 3.57. The van der Waals surface area contributed by atoms with Gasteiger partial charge in [-0.15, -0.1) is 0 Å². The monoisotopic (exact) mass is 171 g/mol. The number of hydrogen-bond donors (Lipinski definition) is 0. The molecule has 0 rings (SSSR count). The summed E-state index contributed by atoms with van der Waals surface area (Å²) in [6, 6.07) is 0. The van der Waals surface area contributed by atoms with Gasteiger partial charge in [-0.1, -0.05) is 26.7 Å². The fourth-order valence-corrected chi connectivity index (χ4v) is 1.45. The van der Waals surface area contributed by atoms with Gasteiger partial charge in [-0.3, -0.25) is 4.90 Å². The van der Waals surface area contributed by atoms with Crippen LogP contribution in [0.25, 0.3) is 0 Å². The Morgan fingerprint density at radius 3 is 2.17 bits per heavy atom. The van der Waals surface area contributed by atoms with Crippen molar-refractivity contribution in [1.82, 2.24) is 4.90 Å². The Morgan fingerprint density at radius 2 is 1.92 bits per heavy atom. The first-order valence-electron chi connectivity index (χ1n) is 4.76. The minimum absolute atomic E-state index is 0.212. The zero-order valence-corrected chi connectivity index (χ0v) is 8.76. The minimum Gasteiger partial charge on any atom is -0.301 e. The third-order valence-electron chi connectivity index (χ3n) is 2.69. The van der Waals surface area contributed by atoms with Gasteiger partial charge in [0.2, 0.25) is 0 Å². The summed E-state index contributed by atoms with van der Waals surface area (Å²) in [4.78, 5) is 13.0. The van der Waals surface area contributed by atoms with Crippen molar-refractivity contribution in [2.75, 3.05) is 14.1 Å².